The number of aliphatic imine (C=N–C) groups is 1. The lowest BCUT2D eigenvalue weighted by molar-refractivity contribution is -0.142. The second-order valence-corrected chi connectivity index (χ2v) is 12.5. The van der Waals surface area contributed by atoms with Crippen LogP contribution in [0, 0.1) is 0 Å². The van der Waals surface area contributed by atoms with Gasteiger partial charge in [0.25, 0.3) is 0 Å². The molecule has 17 heteroatoms. The van der Waals surface area contributed by atoms with Crippen LogP contribution in [0.2, 0.25) is 0 Å². The van der Waals surface area contributed by atoms with E-state index in [1.807, 2.05) is 4.72 Å². The topological polar surface area (TPSA) is 188 Å². The average molecular weight is 656 g/mol. The normalized spacial score (nSPS) is 16.3. The minimum absolute atomic E-state index is 0.0441. The number of nitrogens with zero attached hydrogens (tertiary/aromatic N) is 2. The number of carbonyl (C=O) groups is 3. The molecule has 1 unspecified atom stereocenters. The lowest BCUT2D eigenvalue weighted by atomic mass is 10.0. The molecule has 1 aliphatic heterocycles. The Morgan fingerprint density at radius 2 is 1.80 bits per heavy atom. The first-order valence-electron chi connectivity index (χ1n) is 13.3. The number of benzene rings is 2. The quantitative estimate of drug-likeness (QED) is 0.196. The van der Waals surface area contributed by atoms with Crippen molar-refractivity contribution in [2.24, 2.45) is 15.9 Å². The van der Waals surface area contributed by atoms with E-state index in [4.69, 9.17) is 15.3 Å². The molecule has 1 heterocycles. The zero-order valence-electron chi connectivity index (χ0n) is 24.7. The van der Waals surface area contributed by atoms with Crippen LogP contribution < -0.4 is 15.8 Å². The fourth-order valence-corrected chi connectivity index (χ4v) is 5.12. The van der Waals surface area contributed by atoms with E-state index in [2.05, 4.69) is 20.2 Å². The van der Waals surface area contributed by atoms with Crippen LogP contribution in [0.4, 0.5) is 18.0 Å². The molecule has 0 radical (unpaired) electrons. The summed E-state index contributed by atoms with van der Waals surface area (Å²) in [6, 6.07) is 7.91. The van der Waals surface area contributed by atoms with Gasteiger partial charge in [0, 0.05) is 18.5 Å². The summed E-state index contributed by atoms with van der Waals surface area (Å²) in [5.74, 6) is -1.74. The van der Waals surface area contributed by atoms with Crippen molar-refractivity contribution in [1.82, 2.24) is 10.0 Å². The molecule has 0 aliphatic carbocycles. The zero-order chi connectivity index (χ0) is 33.6. The molecule has 0 aromatic heterocycles. The number of carbonyl (C=O) groups excluding carboxylic acids is 3. The maximum Gasteiger partial charge on any atom is 0.436 e. The van der Waals surface area contributed by atoms with Crippen LogP contribution in [0.25, 0.3) is 0 Å². The molecular formula is C28H32F3N5O8S. The number of ether oxygens (including phenoxy) is 2. The summed E-state index contributed by atoms with van der Waals surface area (Å²) in [6.45, 7) is 4.54. The molecule has 3 rings (SSSR count). The number of hydrogen-bond donors (Lipinski definition) is 3. The van der Waals surface area contributed by atoms with Gasteiger partial charge < -0.3 is 25.4 Å². The van der Waals surface area contributed by atoms with Crippen LogP contribution in [0.15, 0.2) is 63.6 Å². The highest BCUT2D eigenvalue weighted by molar-refractivity contribution is 7.89. The first-order valence-corrected chi connectivity index (χ1v) is 14.8. The van der Waals surface area contributed by atoms with Crippen LogP contribution in [0.3, 0.4) is 0 Å². The summed E-state index contributed by atoms with van der Waals surface area (Å²) in [6.07, 6.45) is -6.28. The van der Waals surface area contributed by atoms with E-state index in [0.717, 1.165) is 19.2 Å². The molecular weight excluding hydrogens is 623 g/mol. The van der Waals surface area contributed by atoms with Gasteiger partial charge in [-0.15, -0.1) is 0 Å². The largest absolute Gasteiger partial charge is 0.468 e. The summed E-state index contributed by atoms with van der Waals surface area (Å²) in [7, 11) is -3.63. The minimum atomic E-state index is -4.79. The number of hydrogen-bond acceptors (Lipinski definition) is 9. The van der Waals surface area contributed by atoms with Gasteiger partial charge in [-0.3, -0.25) is 9.59 Å². The number of alkyl halides is 3. The van der Waals surface area contributed by atoms with Crippen molar-refractivity contribution >= 4 is 39.5 Å². The monoisotopic (exact) mass is 655 g/mol. The highest BCUT2D eigenvalue weighted by Gasteiger charge is 2.33. The number of amidine groups is 1. The number of nitrogens with two attached hydrogens (primary N) is 1. The van der Waals surface area contributed by atoms with Crippen LogP contribution in [-0.2, 0) is 40.1 Å². The van der Waals surface area contributed by atoms with E-state index in [0.29, 0.717) is 29.0 Å². The molecule has 0 spiro atoms. The van der Waals surface area contributed by atoms with E-state index >= 15 is 0 Å². The fraction of sp³-hybridized carbons (Fsp3) is 0.393. The Labute approximate surface area is 257 Å². The number of amides is 2. The number of esters is 1. The number of halogens is 3. The summed E-state index contributed by atoms with van der Waals surface area (Å²) >= 11 is 0. The molecule has 0 fully saturated rings. The molecule has 13 nitrogen and oxygen atoms in total. The summed E-state index contributed by atoms with van der Waals surface area (Å²) in [5, 5.41) is 6.40. The SMILES string of the molecule is COC(=O)[C@H](CNC(=O)CC1CC(c2ccc(/C(N)=N\C(=O)OC(C)(C)C)cc2)=NO1)NS(=O)(=O)c1cccc(C(F)(F)F)c1. The Hall–Kier alpha value is -4.51. The number of methoxy groups -OCH3 is 1. The number of sulfonamides is 1. The van der Waals surface area contributed by atoms with E-state index in [-0.39, 0.29) is 18.7 Å². The molecule has 2 amide bonds. The van der Waals surface area contributed by atoms with Gasteiger partial charge in [-0.2, -0.15) is 22.9 Å². The molecule has 2 aromatic rings. The van der Waals surface area contributed by atoms with Gasteiger partial charge >= 0.3 is 18.2 Å². The fourth-order valence-electron chi connectivity index (χ4n) is 3.89. The highest BCUT2D eigenvalue weighted by Crippen LogP contribution is 2.30. The lowest BCUT2D eigenvalue weighted by Gasteiger charge is -2.18. The Morgan fingerprint density at radius 3 is 2.40 bits per heavy atom. The smallest absolute Gasteiger partial charge is 0.436 e. The second-order valence-electron chi connectivity index (χ2n) is 10.8. The van der Waals surface area contributed by atoms with Gasteiger partial charge in [0.05, 0.1) is 29.7 Å². The molecule has 45 heavy (non-hydrogen) atoms. The maximum atomic E-state index is 13.0. The van der Waals surface area contributed by atoms with E-state index in [9.17, 15) is 36.0 Å². The Morgan fingerprint density at radius 1 is 1.13 bits per heavy atom. The molecule has 1 aliphatic rings. The van der Waals surface area contributed by atoms with Crippen molar-refractivity contribution in [3.8, 4) is 0 Å². The Kier molecular flexibility index (Phi) is 10.9. The van der Waals surface area contributed by atoms with Crippen molar-refractivity contribution in [3.63, 3.8) is 0 Å². The standard InChI is InChI=1S/C28H32F3N5O8S/c1-27(2,3)43-26(39)34-24(32)17-10-8-16(9-11-17)21-13-19(44-35-21)14-23(37)33-15-22(25(38)42-4)36-45(40,41)20-7-5-6-18(12-20)28(29,30)31/h5-12,19,22,36H,13-15H2,1-4H3,(H,33,37)(H2,32,34,39)/t19?,22-/m0/s1. The summed E-state index contributed by atoms with van der Waals surface area (Å²) in [5.41, 5.74) is 5.61. The molecule has 0 saturated heterocycles. The van der Waals surface area contributed by atoms with E-state index in [1.54, 1.807) is 45.0 Å². The molecule has 2 aromatic carbocycles. The van der Waals surface area contributed by atoms with Gasteiger partial charge in [-0.05, 0) is 44.5 Å². The van der Waals surface area contributed by atoms with Crippen molar-refractivity contribution < 1.29 is 50.3 Å². The third-order valence-electron chi connectivity index (χ3n) is 6.02. The van der Waals surface area contributed by atoms with Crippen molar-refractivity contribution in [2.45, 2.75) is 62.4 Å². The van der Waals surface area contributed by atoms with Gasteiger partial charge in [-0.1, -0.05) is 35.5 Å². The third-order valence-corrected chi connectivity index (χ3v) is 7.49. The molecule has 4 N–H and O–H groups in total. The summed E-state index contributed by atoms with van der Waals surface area (Å²) in [4.78, 5) is 45.0. The van der Waals surface area contributed by atoms with Gasteiger partial charge in [0.2, 0.25) is 15.9 Å². The van der Waals surface area contributed by atoms with Crippen molar-refractivity contribution in [1.29, 1.82) is 0 Å². The van der Waals surface area contributed by atoms with E-state index < -0.39 is 68.9 Å². The zero-order valence-corrected chi connectivity index (χ0v) is 25.5. The first kappa shape index (κ1) is 35.0. The highest BCUT2D eigenvalue weighted by atomic mass is 32.2. The predicted octanol–water partition coefficient (Wildman–Crippen LogP) is 2.87. The van der Waals surface area contributed by atoms with Crippen LogP contribution in [0.5, 0.6) is 0 Å². The number of oxime groups is 1. The molecule has 244 valence electrons. The lowest BCUT2D eigenvalue weighted by Crippen LogP contribution is -2.49. The molecule has 0 bridgehead atoms. The van der Waals surface area contributed by atoms with Crippen LogP contribution >= 0.6 is 0 Å². The van der Waals surface area contributed by atoms with Crippen molar-refractivity contribution in [3.05, 3.63) is 65.2 Å². The Balaban J connectivity index is 1.56. The summed E-state index contributed by atoms with van der Waals surface area (Å²) < 4.78 is 76.2. The van der Waals surface area contributed by atoms with Gasteiger partial charge in [0.1, 0.15) is 23.6 Å². The molecule has 2 atom stereocenters. The third kappa shape index (κ3) is 10.3. The average Bonchev–Trinajstić information content (AvgIpc) is 3.41. The second kappa shape index (κ2) is 14.1. The molecule has 0 saturated carbocycles. The maximum absolute atomic E-state index is 13.0. The van der Waals surface area contributed by atoms with Crippen LogP contribution in [-0.4, -0.2) is 69.3 Å². The van der Waals surface area contributed by atoms with Crippen molar-refractivity contribution in [2.75, 3.05) is 13.7 Å². The number of nitrogens with one attached hydrogen (secondary N) is 2. The van der Waals surface area contributed by atoms with E-state index in [1.165, 1.54) is 0 Å². The predicted molar refractivity (Wildman–Crippen MR) is 155 cm³/mol. The minimum Gasteiger partial charge on any atom is -0.468 e. The first-order chi connectivity index (χ1) is 20.9. The van der Waals surface area contributed by atoms with Gasteiger partial charge in [-0.25, -0.2) is 13.2 Å². The Bertz CT molecular complexity index is 1590. The van der Waals surface area contributed by atoms with Gasteiger partial charge in [0.15, 0.2) is 0 Å². The number of rotatable bonds is 10. The van der Waals surface area contributed by atoms with Crippen LogP contribution in [0.1, 0.15) is 50.3 Å².